The van der Waals surface area contributed by atoms with Crippen molar-refractivity contribution in [3.8, 4) is 0 Å². The van der Waals surface area contributed by atoms with E-state index >= 15 is 0 Å². The molecule has 1 heterocycles. The number of hydrogen-bond acceptors (Lipinski definition) is 4. The van der Waals surface area contributed by atoms with Gasteiger partial charge in [0.2, 0.25) is 0 Å². The summed E-state index contributed by atoms with van der Waals surface area (Å²) in [4.78, 5) is 15.5. The van der Waals surface area contributed by atoms with Crippen molar-refractivity contribution in [2.75, 3.05) is 13.1 Å². The second-order valence-corrected chi connectivity index (χ2v) is 5.42. The Morgan fingerprint density at radius 1 is 1.64 bits per heavy atom. The van der Waals surface area contributed by atoms with Gasteiger partial charge in [0.05, 0.1) is 0 Å². The lowest BCUT2D eigenvalue weighted by Crippen LogP contribution is -2.45. The second kappa shape index (κ2) is 7.11. The van der Waals surface area contributed by atoms with E-state index in [9.17, 15) is 4.79 Å². The van der Waals surface area contributed by atoms with Crippen molar-refractivity contribution in [1.82, 2.24) is 5.32 Å². The first-order valence-electron chi connectivity index (χ1n) is 7.28. The van der Waals surface area contributed by atoms with E-state index in [1.54, 1.807) is 6.08 Å². The highest BCUT2D eigenvalue weighted by atomic mass is 16.5. The van der Waals surface area contributed by atoms with Crippen molar-refractivity contribution < 1.29 is 9.53 Å². The first kappa shape index (κ1) is 16.1. The molecule has 6 nitrogen and oxygen atoms in total. The summed E-state index contributed by atoms with van der Waals surface area (Å²) in [6, 6.07) is 9.47. The van der Waals surface area contributed by atoms with Crippen molar-refractivity contribution >= 4 is 5.97 Å². The van der Waals surface area contributed by atoms with Crippen LogP contribution in [0.15, 0.2) is 48.1 Å². The average molecular weight is 300 g/mol. The number of esters is 1. The highest BCUT2D eigenvalue weighted by Gasteiger charge is 2.50. The van der Waals surface area contributed by atoms with Crippen LogP contribution in [0.1, 0.15) is 25.0 Å². The summed E-state index contributed by atoms with van der Waals surface area (Å²) < 4.78 is 5.57. The molecule has 1 aliphatic heterocycles. The standard InChI is InChI=1S/C16H20N4O2/c1-3-7-14-10-18-11-16(14,19-20-17)15(21)22-12(2)13-8-5-4-6-9-13/h3-6,8-9,12,14,18H,1,7,10-11H2,2H3/t12-,14+,16?/m1/s1. The largest absolute Gasteiger partial charge is 0.457 e. The molecular weight excluding hydrogens is 280 g/mol. The van der Waals surface area contributed by atoms with Gasteiger partial charge < -0.3 is 10.1 Å². The summed E-state index contributed by atoms with van der Waals surface area (Å²) >= 11 is 0. The monoisotopic (exact) mass is 300 g/mol. The van der Waals surface area contributed by atoms with Crippen LogP contribution in [0.25, 0.3) is 10.4 Å². The molecule has 0 saturated carbocycles. The van der Waals surface area contributed by atoms with Crippen LogP contribution in [0.2, 0.25) is 0 Å². The van der Waals surface area contributed by atoms with Gasteiger partial charge in [-0.15, -0.1) is 6.58 Å². The molecule has 0 aromatic heterocycles. The van der Waals surface area contributed by atoms with Crippen LogP contribution in [-0.4, -0.2) is 24.6 Å². The van der Waals surface area contributed by atoms with Gasteiger partial charge in [0.25, 0.3) is 0 Å². The van der Waals surface area contributed by atoms with Crippen molar-refractivity contribution in [3.05, 3.63) is 59.0 Å². The minimum Gasteiger partial charge on any atom is -0.457 e. The minimum atomic E-state index is -1.20. The first-order valence-corrected chi connectivity index (χ1v) is 7.28. The van der Waals surface area contributed by atoms with Gasteiger partial charge in [-0.05, 0) is 36.9 Å². The predicted molar refractivity (Wildman–Crippen MR) is 84.0 cm³/mol. The van der Waals surface area contributed by atoms with Gasteiger partial charge in [-0.25, -0.2) is 0 Å². The minimum absolute atomic E-state index is 0.142. The fourth-order valence-electron chi connectivity index (χ4n) is 2.76. The van der Waals surface area contributed by atoms with E-state index in [0.717, 1.165) is 5.56 Å². The van der Waals surface area contributed by atoms with Crippen molar-refractivity contribution in [1.29, 1.82) is 0 Å². The van der Waals surface area contributed by atoms with Gasteiger partial charge >= 0.3 is 5.97 Å². The predicted octanol–water partition coefficient (Wildman–Crippen LogP) is 3.14. The zero-order valence-electron chi connectivity index (χ0n) is 12.6. The number of azide groups is 1. The molecule has 0 amide bonds. The third-order valence-corrected chi connectivity index (χ3v) is 4.04. The molecule has 1 saturated heterocycles. The molecule has 3 atom stereocenters. The molecule has 1 fully saturated rings. The maximum Gasteiger partial charge on any atom is 0.320 e. The van der Waals surface area contributed by atoms with Crippen LogP contribution in [0.5, 0.6) is 0 Å². The number of benzene rings is 1. The normalized spacial score (nSPS) is 25.0. The zero-order chi connectivity index (χ0) is 16.0. The molecule has 0 bridgehead atoms. The number of allylic oxidation sites excluding steroid dienone is 1. The Kier molecular flexibility index (Phi) is 5.20. The molecule has 116 valence electrons. The van der Waals surface area contributed by atoms with E-state index < -0.39 is 17.6 Å². The Labute approximate surface area is 129 Å². The third kappa shape index (κ3) is 3.13. The molecule has 0 radical (unpaired) electrons. The summed E-state index contributed by atoms with van der Waals surface area (Å²) in [5.74, 6) is -0.630. The van der Waals surface area contributed by atoms with E-state index in [4.69, 9.17) is 10.3 Å². The summed E-state index contributed by atoms with van der Waals surface area (Å²) in [5, 5.41) is 6.91. The summed E-state index contributed by atoms with van der Waals surface area (Å²) in [7, 11) is 0. The Morgan fingerprint density at radius 3 is 3.00 bits per heavy atom. The summed E-state index contributed by atoms with van der Waals surface area (Å²) in [5.41, 5.74) is 8.57. The quantitative estimate of drug-likeness (QED) is 0.288. The van der Waals surface area contributed by atoms with Crippen LogP contribution < -0.4 is 5.32 Å². The second-order valence-electron chi connectivity index (χ2n) is 5.42. The van der Waals surface area contributed by atoms with Crippen LogP contribution in [0.4, 0.5) is 0 Å². The van der Waals surface area contributed by atoms with E-state index in [-0.39, 0.29) is 12.5 Å². The van der Waals surface area contributed by atoms with Gasteiger partial charge in [-0.1, -0.05) is 41.5 Å². The number of nitrogens with zero attached hydrogens (tertiary/aromatic N) is 3. The van der Waals surface area contributed by atoms with Gasteiger partial charge in [0.1, 0.15) is 6.10 Å². The Bertz CT molecular complexity index is 583. The van der Waals surface area contributed by atoms with E-state index in [0.29, 0.717) is 13.0 Å². The van der Waals surface area contributed by atoms with E-state index in [2.05, 4.69) is 21.9 Å². The van der Waals surface area contributed by atoms with Crippen LogP contribution in [0, 0.1) is 5.92 Å². The maximum absolute atomic E-state index is 12.7. The smallest absolute Gasteiger partial charge is 0.320 e. The summed E-state index contributed by atoms with van der Waals surface area (Å²) in [6.07, 6.45) is 1.91. The fourth-order valence-corrected chi connectivity index (χ4v) is 2.76. The Morgan fingerprint density at radius 2 is 2.36 bits per heavy atom. The van der Waals surface area contributed by atoms with Gasteiger partial charge in [-0.3, -0.25) is 4.79 Å². The maximum atomic E-state index is 12.7. The molecule has 0 aliphatic carbocycles. The van der Waals surface area contributed by atoms with E-state index in [1.807, 2.05) is 37.3 Å². The Balaban J connectivity index is 2.20. The third-order valence-electron chi connectivity index (χ3n) is 4.04. The molecule has 1 aromatic carbocycles. The van der Waals surface area contributed by atoms with Crippen molar-refractivity contribution in [2.24, 2.45) is 11.0 Å². The molecule has 1 aromatic rings. The molecule has 2 rings (SSSR count). The van der Waals surface area contributed by atoms with Gasteiger partial charge in [0.15, 0.2) is 5.54 Å². The SMILES string of the molecule is C=CC[C@H]1CNCC1(N=[N+]=[N-])C(=O)O[C@H](C)c1ccccc1. The summed E-state index contributed by atoms with van der Waals surface area (Å²) in [6.45, 7) is 6.40. The number of carbonyl (C=O) groups excluding carboxylic acids is 1. The Hall–Kier alpha value is -2.30. The van der Waals surface area contributed by atoms with Gasteiger partial charge in [0, 0.05) is 11.5 Å². The molecule has 6 heteroatoms. The van der Waals surface area contributed by atoms with Crippen LogP contribution >= 0.6 is 0 Å². The number of rotatable bonds is 6. The van der Waals surface area contributed by atoms with Crippen LogP contribution in [-0.2, 0) is 9.53 Å². The molecule has 22 heavy (non-hydrogen) atoms. The lowest BCUT2D eigenvalue weighted by atomic mass is 9.85. The number of hydrogen-bond donors (Lipinski definition) is 1. The average Bonchev–Trinajstić information content (AvgIpc) is 2.93. The van der Waals surface area contributed by atoms with Crippen molar-refractivity contribution in [3.63, 3.8) is 0 Å². The van der Waals surface area contributed by atoms with Crippen LogP contribution in [0.3, 0.4) is 0 Å². The highest BCUT2D eigenvalue weighted by Crippen LogP contribution is 2.33. The topological polar surface area (TPSA) is 87.1 Å². The zero-order valence-corrected chi connectivity index (χ0v) is 12.6. The molecular formula is C16H20N4O2. The lowest BCUT2D eigenvalue weighted by Gasteiger charge is -2.28. The lowest BCUT2D eigenvalue weighted by molar-refractivity contribution is -0.156. The fraction of sp³-hybridized carbons (Fsp3) is 0.438. The number of carbonyl (C=O) groups is 1. The number of nitrogens with one attached hydrogen (secondary N) is 1. The molecule has 1 N–H and O–H groups in total. The molecule has 0 spiro atoms. The van der Waals surface area contributed by atoms with E-state index in [1.165, 1.54) is 0 Å². The molecule has 1 aliphatic rings. The molecule has 1 unspecified atom stereocenters. The van der Waals surface area contributed by atoms with Gasteiger partial charge in [-0.2, -0.15) is 0 Å². The first-order chi connectivity index (χ1) is 10.6. The van der Waals surface area contributed by atoms with Crippen molar-refractivity contribution in [2.45, 2.75) is 25.0 Å². The highest BCUT2D eigenvalue weighted by molar-refractivity contribution is 5.83. The number of ether oxygens (including phenoxy) is 1.